The Morgan fingerprint density at radius 2 is 1.90 bits per heavy atom. The zero-order chi connectivity index (χ0) is 15.8. The molecule has 0 bridgehead atoms. The van der Waals surface area contributed by atoms with Crippen molar-refractivity contribution in [1.29, 1.82) is 0 Å². The van der Waals surface area contributed by atoms with E-state index in [4.69, 9.17) is 5.11 Å². The lowest BCUT2D eigenvalue weighted by molar-refractivity contribution is -0.142. The van der Waals surface area contributed by atoms with Crippen LogP contribution in [-0.4, -0.2) is 36.9 Å². The van der Waals surface area contributed by atoms with Crippen molar-refractivity contribution >= 4 is 16.0 Å². The number of hydrogen-bond acceptors (Lipinski definition) is 3. The van der Waals surface area contributed by atoms with Crippen LogP contribution in [0.4, 0.5) is 4.39 Å². The molecule has 116 valence electrons. The number of benzene rings is 1. The number of carbonyl (C=O) groups is 1. The van der Waals surface area contributed by atoms with E-state index in [1.54, 1.807) is 13.8 Å². The molecule has 1 fully saturated rings. The fourth-order valence-electron chi connectivity index (χ4n) is 2.80. The van der Waals surface area contributed by atoms with Crippen LogP contribution in [0.15, 0.2) is 17.0 Å². The van der Waals surface area contributed by atoms with Gasteiger partial charge in [-0.05, 0) is 49.9 Å². The largest absolute Gasteiger partial charge is 0.481 e. The number of aliphatic carboxylic acids is 1. The Bertz CT molecular complexity index is 649. The number of hydrogen-bond donors (Lipinski definition) is 1. The van der Waals surface area contributed by atoms with Crippen LogP contribution in [0.2, 0.25) is 0 Å². The van der Waals surface area contributed by atoms with E-state index in [2.05, 4.69) is 0 Å². The Morgan fingerprint density at radius 1 is 1.33 bits per heavy atom. The molecule has 2 rings (SSSR count). The van der Waals surface area contributed by atoms with Gasteiger partial charge in [0.2, 0.25) is 10.0 Å². The minimum atomic E-state index is -3.80. The zero-order valence-corrected chi connectivity index (χ0v) is 12.8. The minimum Gasteiger partial charge on any atom is -0.481 e. The maximum atomic E-state index is 13.3. The number of nitrogens with zero attached hydrogens (tertiary/aromatic N) is 1. The highest BCUT2D eigenvalue weighted by Crippen LogP contribution is 2.28. The van der Waals surface area contributed by atoms with Crippen LogP contribution < -0.4 is 0 Å². The van der Waals surface area contributed by atoms with Gasteiger partial charge in [-0.2, -0.15) is 4.31 Å². The van der Waals surface area contributed by atoms with Crippen molar-refractivity contribution in [3.63, 3.8) is 0 Å². The molecule has 1 aromatic rings. The van der Waals surface area contributed by atoms with Gasteiger partial charge < -0.3 is 5.11 Å². The Balaban J connectivity index is 2.41. The molecule has 7 heteroatoms. The zero-order valence-electron chi connectivity index (χ0n) is 12.0. The maximum absolute atomic E-state index is 13.3. The van der Waals surface area contributed by atoms with E-state index < -0.39 is 27.7 Å². The van der Waals surface area contributed by atoms with Crippen LogP contribution >= 0.6 is 0 Å². The molecule has 0 unspecified atom stereocenters. The highest BCUT2D eigenvalue weighted by Gasteiger charge is 2.34. The number of rotatable bonds is 3. The normalized spacial score (nSPS) is 20.4. The summed E-state index contributed by atoms with van der Waals surface area (Å²) in [6, 6.07) is 2.36. The molecule has 0 amide bonds. The molecule has 5 nitrogen and oxygen atoms in total. The molecule has 1 N–H and O–H groups in total. The molecule has 1 saturated heterocycles. The second-order valence-corrected chi connectivity index (χ2v) is 7.28. The van der Waals surface area contributed by atoms with E-state index in [0.717, 1.165) is 0 Å². The van der Waals surface area contributed by atoms with E-state index in [1.807, 2.05) is 0 Å². The number of sulfonamides is 1. The predicted octanol–water partition coefficient (Wildman–Crippen LogP) is 1.93. The van der Waals surface area contributed by atoms with E-state index >= 15 is 0 Å². The molecular formula is C14H18FNO4S. The molecular weight excluding hydrogens is 297 g/mol. The first-order valence-electron chi connectivity index (χ1n) is 6.73. The van der Waals surface area contributed by atoms with Gasteiger partial charge in [-0.15, -0.1) is 0 Å². The monoisotopic (exact) mass is 315 g/mol. The van der Waals surface area contributed by atoms with Crippen LogP contribution in [0.3, 0.4) is 0 Å². The summed E-state index contributed by atoms with van der Waals surface area (Å²) in [6.45, 7) is 3.35. The highest BCUT2D eigenvalue weighted by atomic mass is 32.2. The third-order valence-corrected chi connectivity index (χ3v) is 5.93. The molecule has 1 aliphatic rings. The van der Waals surface area contributed by atoms with Gasteiger partial charge in [0.25, 0.3) is 0 Å². The summed E-state index contributed by atoms with van der Waals surface area (Å²) in [4.78, 5) is 11.1. The number of halogens is 1. The average molecular weight is 315 g/mol. The Kier molecular flexibility index (Phi) is 4.34. The summed E-state index contributed by atoms with van der Waals surface area (Å²) in [5.74, 6) is -2.15. The lowest BCUT2D eigenvalue weighted by Crippen LogP contribution is -2.42. The molecule has 1 atom stereocenters. The van der Waals surface area contributed by atoms with Crippen molar-refractivity contribution in [2.45, 2.75) is 31.6 Å². The minimum absolute atomic E-state index is 0.0338. The van der Waals surface area contributed by atoms with Crippen LogP contribution in [0, 0.1) is 25.6 Å². The molecule has 0 spiro atoms. The molecule has 0 saturated carbocycles. The van der Waals surface area contributed by atoms with E-state index in [9.17, 15) is 17.6 Å². The topological polar surface area (TPSA) is 74.7 Å². The van der Waals surface area contributed by atoms with Crippen molar-refractivity contribution in [2.24, 2.45) is 5.92 Å². The number of aryl methyl sites for hydroxylation is 2. The second-order valence-electron chi connectivity index (χ2n) is 5.41. The van der Waals surface area contributed by atoms with Crippen LogP contribution in [0.5, 0.6) is 0 Å². The van der Waals surface area contributed by atoms with Crippen LogP contribution in [0.1, 0.15) is 24.0 Å². The van der Waals surface area contributed by atoms with Crippen molar-refractivity contribution in [3.05, 3.63) is 29.1 Å². The first kappa shape index (κ1) is 15.9. The van der Waals surface area contributed by atoms with E-state index in [0.29, 0.717) is 30.5 Å². The number of carboxylic acid groups (broad SMARTS) is 1. The summed E-state index contributed by atoms with van der Waals surface area (Å²) in [7, 11) is -3.80. The molecule has 0 radical (unpaired) electrons. The summed E-state index contributed by atoms with van der Waals surface area (Å²) in [6.07, 6.45) is 0.984. The number of piperidine rings is 1. The highest BCUT2D eigenvalue weighted by molar-refractivity contribution is 7.89. The van der Waals surface area contributed by atoms with E-state index in [-0.39, 0.29) is 11.4 Å². The summed E-state index contributed by atoms with van der Waals surface area (Å²) >= 11 is 0. The third-order valence-electron chi connectivity index (χ3n) is 3.76. The summed E-state index contributed by atoms with van der Waals surface area (Å²) in [5.41, 5.74) is 0.676. The van der Waals surface area contributed by atoms with Crippen molar-refractivity contribution in [1.82, 2.24) is 4.31 Å². The SMILES string of the molecule is Cc1cc(F)cc(C)c1S(=O)(=O)N1CCC[C@@H](C(=O)O)C1. The third kappa shape index (κ3) is 3.08. The van der Waals surface area contributed by atoms with Gasteiger partial charge in [-0.3, -0.25) is 4.79 Å². The molecule has 1 heterocycles. The van der Waals surface area contributed by atoms with Gasteiger partial charge >= 0.3 is 5.97 Å². The summed E-state index contributed by atoms with van der Waals surface area (Å²) < 4.78 is 40.0. The molecule has 0 aliphatic carbocycles. The van der Waals surface area contributed by atoms with Crippen molar-refractivity contribution in [3.8, 4) is 0 Å². The standard InChI is InChI=1S/C14H18FNO4S/c1-9-6-12(15)7-10(2)13(9)21(19,20)16-5-3-4-11(8-16)14(17)18/h6-7,11H,3-5,8H2,1-2H3,(H,17,18)/t11-/m1/s1. The lowest BCUT2D eigenvalue weighted by atomic mass is 10.0. The van der Waals surface area contributed by atoms with Crippen molar-refractivity contribution < 1.29 is 22.7 Å². The second kappa shape index (κ2) is 5.73. The molecule has 1 aromatic carbocycles. The molecule has 21 heavy (non-hydrogen) atoms. The first-order valence-corrected chi connectivity index (χ1v) is 8.17. The first-order chi connectivity index (χ1) is 9.73. The van der Waals surface area contributed by atoms with Gasteiger partial charge in [-0.1, -0.05) is 0 Å². The van der Waals surface area contributed by atoms with Gasteiger partial charge in [0.1, 0.15) is 5.82 Å². The molecule has 1 aliphatic heterocycles. The fraction of sp³-hybridized carbons (Fsp3) is 0.500. The van der Waals surface area contributed by atoms with E-state index in [1.165, 1.54) is 16.4 Å². The predicted molar refractivity (Wildman–Crippen MR) is 75.0 cm³/mol. The Labute approximate surface area is 123 Å². The average Bonchev–Trinajstić information content (AvgIpc) is 2.37. The summed E-state index contributed by atoms with van der Waals surface area (Å²) in [5, 5.41) is 9.07. The van der Waals surface area contributed by atoms with Gasteiger partial charge in [-0.25, -0.2) is 12.8 Å². The van der Waals surface area contributed by atoms with Crippen molar-refractivity contribution in [2.75, 3.05) is 13.1 Å². The quantitative estimate of drug-likeness (QED) is 0.925. The Morgan fingerprint density at radius 3 is 2.43 bits per heavy atom. The fourth-order valence-corrected chi connectivity index (χ4v) is 4.73. The lowest BCUT2D eigenvalue weighted by Gasteiger charge is -2.30. The van der Waals surface area contributed by atoms with Gasteiger partial charge in [0.05, 0.1) is 10.8 Å². The van der Waals surface area contributed by atoms with Crippen LogP contribution in [-0.2, 0) is 14.8 Å². The number of carboxylic acids is 1. The van der Waals surface area contributed by atoms with Gasteiger partial charge in [0.15, 0.2) is 0 Å². The van der Waals surface area contributed by atoms with Gasteiger partial charge in [0, 0.05) is 13.1 Å². The maximum Gasteiger partial charge on any atom is 0.307 e. The Hall–Kier alpha value is -1.47. The smallest absolute Gasteiger partial charge is 0.307 e. The molecule has 0 aromatic heterocycles. The van der Waals surface area contributed by atoms with Crippen LogP contribution in [0.25, 0.3) is 0 Å².